The monoisotopic (exact) mass is 446 g/mol. The maximum absolute atomic E-state index is 12.7. The predicted octanol–water partition coefficient (Wildman–Crippen LogP) is 5.41. The number of benzene rings is 2. The third-order valence-corrected chi connectivity index (χ3v) is 5.99. The van der Waals surface area contributed by atoms with E-state index in [1.54, 1.807) is 0 Å². The number of hydrogen-bond donors (Lipinski definition) is 2. The fourth-order valence-electron chi connectivity index (χ4n) is 3.49. The smallest absolute Gasteiger partial charge is 0.226 e. The quantitative estimate of drug-likeness (QED) is 0.360. The minimum absolute atomic E-state index is 0.0792. The van der Waals surface area contributed by atoms with Gasteiger partial charge in [-0.15, -0.1) is 11.3 Å². The molecule has 32 heavy (non-hydrogen) atoms. The highest BCUT2D eigenvalue weighted by Gasteiger charge is 2.18. The van der Waals surface area contributed by atoms with E-state index in [1.807, 2.05) is 80.0 Å². The van der Waals surface area contributed by atoms with Crippen molar-refractivity contribution in [3.8, 4) is 27.6 Å². The lowest BCUT2D eigenvalue weighted by Crippen LogP contribution is -2.30. The minimum atomic E-state index is -0.184. The van der Waals surface area contributed by atoms with Gasteiger partial charge in [-0.25, -0.2) is 9.97 Å². The summed E-state index contributed by atoms with van der Waals surface area (Å²) in [6.45, 7) is 4.58. The van der Waals surface area contributed by atoms with Crippen LogP contribution in [0.3, 0.4) is 0 Å². The Kier molecular flexibility index (Phi) is 6.97. The first-order valence-corrected chi connectivity index (χ1v) is 11.6. The van der Waals surface area contributed by atoms with Crippen LogP contribution in [0.2, 0.25) is 0 Å². The zero-order valence-electron chi connectivity index (χ0n) is 18.2. The Bertz CT molecular complexity index is 1170. The molecule has 1 atom stereocenters. The van der Waals surface area contributed by atoms with Crippen LogP contribution in [0.1, 0.15) is 37.8 Å². The average Bonchev–Trinajstić information content (AvgIpc) is 3.49. The van der Waals surface area contributed by atoms with Crippen LogP contribution in [0.4, 0.5) is 0 Å². The molecule has 1 unspecified atom stereocenters. The van der Waals surface area contributed by atoms with Gasteiger partial charge in [0.15, 0.2) is 0 Å². The van der Waals surface area contributed by atoms with E-state index in [9.17, 15) is 4.79 Å². The molecule has 0 aliphatic rings. The van der Waals surface area contributed by atoms with Gasteiger partial charge in [-0.05, 0) is 31.0 Å². The number of H-pyrrole nitrogens is 1. The Morgan fingerprint density at radius 1 is 1.12 bits per heavy atom. The third kappa shape index (κ3) is 5.06. The van der Waals surface area contributed by atoms with Crippen LogP contribution >= 0.6 is 11.3 Å². The van der Waals surface area contributed by atoms with Crippen molar-refractivity contribution in [2.24, 2.45) is 0 Å². The van der Waals surface area contributed by atoms with Crippen molar-refractivity contribution >= 4 is 17.2 Å². The van der Waals surface area contributed by atoms with Crippen LogP contribution in [-0.4, -0.2) is 27.5 Å². The number of ether oxygens (including phenoxy) is 1. The Hall–Kier alpha value is -3.45. The van der Waals surface area contributed by atoms with E-state index in [4.69, 9.17) is 4.74 Å². The Morgan fingerprint density at radius 3 is 2.69 bits per heavy atom. The molecular formula is C25H26N4O2S. The average molecular weight is 447 g/mol. The number of para-hydroxylation sites is 1. The second kappa shape index (κ2) is 10.2. The number of imidazole rings is 1. The van der Waals surface area contributed by atoms with Gasteiger partial charge < -0.3 is 15.0 Å². The zero-order valence-corrected chi connectivity index (χ0v) is 19.0. The van der Waals surface area contributed by atoms with Crippen LogP contribution in [0, 0.1) is 0 Å². The van der Waals surface area contributed by atoms with Gasteiger partial charge in [-0.3, -0.25) is 4.79 Å². The number of aromatic nitrogens is 3. The van der Waals surface area contributed by atoms with E-state index >= 15 is 0 Å². The lowest BCUT2D eigenvalue weighted by molar-refractivity contribution is -0.121. The summed E-state index contributed by atoms with van der Waals surface area (Å²) >= 11 is 1.52. The minimum Gasteiger partial charge on any atom is -0.493 e. The summed E-state index contributed by atoms with van der Waals surface area (Å²) in [7, 11) is 0. The molecule has 0 fully saturated rings. The lowest BCUT2D eigenvalue weighted by Gasteiger charge is -2.14. The highest BCUT2D eigenvalue weighted by atomic mass is 32.1. The number of aromatic amines is 1. The van der Waals surface area contributed by atoms with Crippen LogP contribution in [0.15, 0.2) is 66.2 Å². The highest BCUT2D eigenvalue weighted by molar-refractivity contribution is 7.13. The molecule has 0 aliphatic heterocycles. The molecule has 0 saturated heterocycles. The first kappa shape index (κ1) is 21.8. The summed E-state index contributed by atoms with van der Waals surface area (Å²) in [6, 6.07) is 17.7. The van der Waals surface area contributed by atoms with E-state index in [0.717, 1.165) is 45.5 Å². The molecule has 0 aliphatic carbocycles. The normalized spacial score (nSPS) is 11.8. The van der Waals surface area contributed by atoms with Crippen LogP contribution in [-0.2, 0) is 11.2 Å². The van der Waals surface area contributed by atoms with Gasteiger partial charge in [0.25, 0.3) is 0 Å². The summed E-state index contributed by atoms with van der Waals surface area (Å²) in [4.78, 5) is 25.2. The number of nitrogens with zero attached hydrogens (tertiary/aromatic N) is 2. The lowest BCUT2D eigenvalue weighted by atomic mass is 10.2. The maximum atomic E-state index is 12.7. The van der Waals surface area contributed by atoms with Crippen LogP contribution < -0.4 is 10.1 Å². The standard InChI is InChI=1S/C25H26N4O2S/c1-3-20(24-26-15-21(29-24)17-10-6-5-7-11-17)28-23(30)14-18-16-32-25(27-18)19-12-8-9-13-22(19)31-4-2/h5-13,15-16,20H,3-4,14H2,1-2H3,(H,26,29)(H,28,30). The first-order valence-electron chi connectivity index (χ1n) is 10.7. The topological polar surface area (TPSA) is 79.9 Å². The largest absolute Gasteiger partial charge is 0.493 e. The van der Waals surface area contributed by atoms with Crippen molar-refractivity contribution in [1.29, 1.82) is 0 Å². The summed E-state index contributed by atoms with van der Waals surface area (Å²) < 4.78 is 5.71. The fraction of sp³-hybridized carbons (Fsp3) is 0.240. The first-order chi connectivity index (χ1) is 15.7. The molecule has 7 heteroatoms. The fourth-order valence-corrected chi connectivity index (χ4v) is 4.34. The van der Waals surface area contributed by atoms with E-state index in [0.29, 0.717) is 6.61 Å². The molecule has 2 heterocycles. The van der Waals surface area contributed by atoms with Crippen molar-refractivity contribution in [2.45, 2.75) is 32.7 Å². The van der Waals surface area contributed by atoms with Gasteiger partial charge in [-0.1, -0.05) is 49.4 Å². The van der Waals surface area contributed by atoms with Crippen molar-refractivity contribution in [2.75, 3.05) is 6.61 Å². The van der Waals surface area contributed by atoms with Gasteiger partial charge in [0.05, 0.1) is 42.2 Å². The molecule has 4 rings (SSSR count). The molecule has 4 aromatic rings. The molecule has 0 saturated carbocycles. The van der Waals surface area contributed by atoms with E-state index in [-0.39, 0.29) is 18.4 Å². The van der Waals surface area contributed by atoms with E-state index < -0.39 is 0 Å². The highest BCUT2D eigenvalue weighted by Crippen LogP contribution is 2.32. The van der Waals surface area contributed by atoms with E-state index in [2.05, 4.69) is 20.3 Å². The van der Waals surface area contributed by atoms with Gasteiger partial charge in [0.1, 0.15) is 16.6 Å². The Labute approximate surface area is 191 Å². The number of carbonyl (C=O) groups is 1. The third-order valence-electron chi connectivity index (χ3n) is 5.06. The Morgan fingerprint density at radius 2 is 1.91 bits per heavy atom. The molecule has 0 spiro atoms. The zero-order chi connectivity index (χ0) is 22.3. The number of thiazole rings is 1. The molecule has 2 N–H and O–H groups in total. The SMILES string of the molecule is CCOc1ccccc1-c1nc(CC(=O)NC(CC)c2ncc(-c3ccccc3)[nH]2)cs1. The number of rotatable bonds is 9. The van der Waals surface area contributed by atoms with Crippen LogP contribution in [0.5, 0.6) is 5.75 Å². The molecule has 0 bridgehead atoms. The second-order valence-electron chi connectivity index (χ2n) is 7.33. The van der Waals surface area contributed by atoms with Gasteiger partial charge in [0, 0.05) is 5.38 Å². The summed E-state index contributed by atoms with van der Waals surface area (Å²) in [5.41, 5.74) is 3.69. The van der Waals surface area contributed by atoms with E-state index in [1.165, 1.54) is 11.3 Å². The number of amides is 1. The molecule has 0 radical (unpaired) electrons. The second-order valence-corrected chi connectivity index (χ2v) is 8.18. The van der Waals surface area contributed by atoms with Crippen molar-refractivity contribution in [1.82, 2.24) is 20.3 Å². The molecule has 164 valence electrons. The van der Waals surface area contributed by atoms with Crippen LogP contribution in [0.25, 0.3) is 21.8 Å². The van der Waals surface area contributed by atoms with Crippen molar-refractivity contribution in [3.63, 3.8) is 0 Å². The Balaban J connectivity index is 1.42. The summed E-state index contributed by atoms with van der Waals surface area (Å²) in [5, 5.41) is 5.86. The van der Waals surface area contributed by atoms with Crippen molar-refractivity contribution in [3.05, 3.63) is 77.7 Å². The van der Waals surface area contributed by atoms with Gasteiger partial charge in [-0.2, -0.15) is 0 Å². The number of nitrogens with one attached hydrogen (secondary N) is 2. The van der Waals surface area contributed by atoms with Gasteiger partial charge in [0.2, 0.25) is 5.91 Å². The maximum Gasteiger partial charge on any atom is 0.226 e. The predicted molar refractivity (Wildman–Crippen MR) is 128 cm³/mol. The summed E-state index contributed by atoms with van der Waals surface area (Å²) in [6.07, 6.45) is 2.76. The molecule has 2 aromatic carbocycles. The number of carbonyl (C=O) groups excluding carboxylic acids is 1. The van der Waals surface area contributed by atoms with Crippen molar-refractivity contribution < 1.29 is 9.53 Å². The molecular weight excluding hydrogens is 420 g/mol. The molecule has 1 amide bonds. The summed E-state index contributed by atoms with van der Waals surface area (Å²) in [5.74, 6) is 1.48. The van der Waals surface area contributed by atoms with Gasteiger partial charge >= 0.3 is 0 Å². The molecule has 6 nitrogen and oxygen atoms in total. The number of hydrogen-bond acceptors (Lipinski definition) is 5. The molecule has 2 aromatic heterocycles.